The van der Waals surface area contributed by atoms with Crippen molar-refractivity contribution in [1.82, 2.24) is 0 Å². The molecular weight excluding hydrogens is 352 g/mol. The fourth-order valence-corrected chi connectivity index (χ4v) is 3.86. The van der Waals surface area contributed by atoms with Gasteiger partial charge in [-0.05, 0) is 24.5 Å². The molecule has 1 aromatic rings. The van der Waals surface area contributed by atoms with Crippen LogP contribution in [0, 0.1) is 5.92 Å². The van der Waals surface area contributed by atoms with Crippen LogP contribution in [-0.2, 0) is 9.84 Å². The number of sulfone groups is 1. The Morgan fingerprint density at radius 3 is 2.60 bits per heavy atom. The molecule has 1 aromatic carbocycles. The number of halogens is 3. The van der Waals surface area contributed by atoms with E-state index in [1.807, 2.05) is 4.90 Å². The third kappa shape index (κ3) is 2.98. The van der Waals surface area contributed by atoms with Gasteiger partial charge in [0.2, 0.25) is 9.84 Å². The molecule has 1 aliphatic rings. The summed E-state index contributed by atoms with van der Waals surface area (Å²) in [5.41, 5.74) is 0.365. The number of benzene rings is 1. The highest BCUT2D eigenvalue weighted by molar-refractivity contribution is 9.09. The van der Waals surface area contributed by atoms with E-state index in [0.29, 0.717) is 24.7 Å². The Bertz CT molecular complexity index is 579. The van der Waals surface area contributed by atoms with Crippen LogP contribution in [0.4, 0.5) is 14.5 Å². The van der Waals surface area contributed by atoms with Crippen LogP contribution >= 0.6 is 15.9 Å². The molecule has 0 radical (unpaired) electrons. The number of anilines is 1. The molecule has 1 heterocycles. The minimum Gasteiger partial charge on any atom is -0.369 e. The lowest BCUT2D eigenvalue weighted by Crippen LogP contribution is -2.40. The quantitative estimate of drug-likeness (QED) is 0.769. The SMILES string of the molecule is CC1CCN(c2ccccc2S(=O)(=O)C(F)F)CC1Br. The summed E-state index contributed by atoms with van der Waals surface area (Å²) in [5, 5.41) is 0. The highest BCUT2D eigenvalue weighted by Crippen LogP contribution is 2.33. The molecule has 2 atom stereocenters. The Hall–Kier alpha value is -0.690. The summed E-state index contributed by atoms with van der Waals surface area (Å²) >= 11 is 3.56. The predicted molar refractivity (Wildman–Crippen MR) is 78.3 cm³/mol. The van der Waals surface area contributed by atoms with Crippen LogP contribution in [0.15, 0.2) is 29.2 Å². The number of rotatable bonds is 3. The van der Waals surface area contributed by atoms with Crippen molar-refractivity contribution in [3.8, 4) is 0 Å². The summed E-state index contributed by atoms with van der Waals surface area (Å²) < 4.78 is 49.0. The van der Waals surface area contributed by atoms with Gasteiger partial charge in [-0.3, -0.25) is 0 Å². The molecule has 0 N–H and O–H groups in total. The Kier molecular flexibility index (Phi) is 4.69. The van der Waals surface area contributed by atoms with E-state index < -0.39 is 15.6 Å². The molecule has 0 amide bonds. The summed E-state index contributed by atoms with van der Waals surface area (Å²) in [4.78, 5) is 1.79. The monoisotopic (exact) mass is 367 g/mol. The van der Waals surface area contributed by atoms with Crippen LogP contribution in [0.2, 0.25) is 0 Å². The van der Waals surface area contributed by atoms with E-state index in [1.54, 1.807) is 12.1 Å². The maximum atomic E-state index is 12.8. The van der Waals surface area contributed by atoms with Gasteiger partial charge in [0.15, 0.2) is 0 Å². The summed E-state index contributed by atoms with van der Waals surface area (Å²) in [7, 11) is -4.58. The van der Waals surface area contributed by atoms with Gasteiger partial charge in [0.25, 0.3) is 0 Å². The summed E-state index contributed by atoms with van der Waals surface area (Å²) in [6.07, 6.45) is 0.888. The number of hydrogen-bond acceptors (Lipinski definition) is 3. The molecule has 1 saturated heterocycles. The highest BCUT2D eigenvalue weighted by atomic mass is 79.9. The van der Waals surface area contributed by atoms with Gasteiger partial charge in [-0.1, -0.05) is 35.0 Å². The van der Waals surface area contributed by atoms with Crippen LogP contribution in [0.3, 0.4) is 0 Å². The minimum atomic E-state index is -4.58. The van der Waals surface area contributed by atoms with Gasteiger partial charge in [0, 0.05) is 17.9 Å². The van der Waals surface area contributed by atoms with Crippen molar-refractivity contribution in [2.45, 2.75) is 28.8 Å². The van der Waals surface area contributed by atoms with E-state index in [9.17, 15) is 17.2 Å². The van der Waals surface area contributed by atoms with E-state index in [2.05, 4.69) is 22.9 Å². The molecule has 3 nitrogen and oxygen atoms in total. The molecule has 1 aliphatic heterocycles. The third-order valence-corrected chi connectivity index (χ3v) is 6.23. The second-order valence-electron chi connectivity index (χ2n) is 5.00. The average molecular weight is 368 g/mol. The standard InChI is InChI=1S/C13H16BrF2NO2S/c1-9-6-7-17(8-10(9)14)11-4-2-3-5-12(11)20(18,19)13(15)16/h2-5,9-10,13H,6-8H2,1H3. The van der Waals surface area contributed by atoms with Gasteiger partial charge in [0.05, 0.1) is 10.6 Å². The van der Waals surface area contributed by atoms with E-state index in [-0.39, 0.29) is 9.72 Å². The van der Waals surface area contributed by atoms with E-state index >= 15 is 0 Å². The normalized spacial score (nSPS) is 24.1. The zero-order valence-electron chi connectivity index (χ0n) is 11.0. The van der Waals surface area contributed by atoms with Crippen LogP contribution in [-0.4, -0.2) is 32.1 Å². The Morgan fingerprint density at radius 1 is 1.35 bits per heavy atom. The first-order valence-corrected chi connectivity index (χ1v) is 8.80. The van der Waals surface area contributed by atoms with Gasteiger partial charge in [0.1, 0.15) is 0 Å². The lowest BCUT2D eigenvalue weighted by molar-refractivity contribution is 0.234. The second kappa shape index (κ2) is 5.97. The summed E-state index contributed by atoms with van der Waals surface area (Å²) in [6, 6.07) is 5.97. The largest absolute Gasteiger partial charge is 0.369 e. The lowest BCUT2D eigenvalue weighted by Gasteiger charge is -2.36. The second-order valence-corrected chi connectivity index (χ2v) is 8.06. The van der Waals surface area contributed by atoms with Crippen LogP contribution in [0.25, 0.3) is 0 Å². The zero-order valence-corrected chi connectivity index (χ0v) is 13.4. The number of hydrogen-bond donors (Lipinski definition) is 0. The number of piperidine rings is 1. The Balaban J connectivity index is 2.39. The van der Waals surface area contributed by atoms with Gasteiger partial charge in [-0.2, -0.15) is 8.78 Å². The molecule has 1 fully saturated rings. The van der Waals surface area contributed by atoms with Crippen LogP contribution < -0.4 is 4.90 Å². The first kappa shape index (κ1) is 15.7. The van der Waals surface area contributed by atoms with E-state index in [1.165, 1.54) is 12.1 Å². The van der Waals surface area contributed by atoms with Crippen molar-refractivity contribution in [2.75, 3.05) is 18.0 Å². The van der Waals surface area contributed by atoms with Crippen molar-refractivity contribution in [3.63, 3.8) is 0 Å². The number of nitrogens with zero attached hydrogens (tertiary/aromatic N) is 1. The van der Waals surface area contributed by atoms with Crippen molar-refractivity contribution in [2.24, 2.45) is 5.92 Å². The molecule has 7 heteroatoms. The lowest BCUT2D eigenvalue weighted by atomic mass is 9.98. The maximum Gasteiger partial charge on any atom is 0.341 e. The van der Waals surface area contributed by atoms with Crippen molar-refractivity contribution in [1.29, 1.82) is 0 Å². The van der Waals surface area contributed by atoms with Gasteiger partial charge >= 0.3 is 5.76 Å². The predicted octanol–water partition coefficient (Wildman–Crippen LogP) is 3.29. The van der Waals surface area contributed by atoms with Crippen LogP contribution in [0.5, 0.6) is 0 Å². The molecule has 0 saturated carbocycles. The molecule has 2 unspecified atom stereocenters. The van der Waals surface area contributed by atoms with Gasteiger partial charge < -0.3 is 4.90 Å². The zero-order chi connectivity index (χ0) is 14.9. The summed E-state index contributed by atoms with van der Waals surface area (Å²) in [5.74, 6) is -2.92. The van der Waals surface area contributed by atoms with E-state index in [4.69, 9.17) is 0 Å². The third-order valence-electron chi connectivity index (χ3n) is 3.61. The smallest absolute Gasteiger partial charge is 0.341 e. The van der Waals surface area contributed by atoms with Crippen molar-refractivity contribution in [3.05, 3.63) is 24.3 Å². The summed E-state index contributed by atoms with van der Waals surface area (Å²) in [6.45, 7) is 3.38. The highest BCUT2D eigenvalue weighted by Gasteiger charge is 2.32. The first-order valence-electron chi connectivity index (χ1n) is 6.34. The van der Waals surface area contributed by atoms with Crippen LogP contribution in [0.1, 0.15) is 13.3 Å². The fraction of sp³-hybridized carbons (Fsp3) is 0.538. The average Bonchev–Trinajstić information content (AvgIpc) is 2.41. The van der Waals surface area contributed by atoms with E-state index in [0.717, 1.165) is 6.42 Å². The van der Waals surface area contributed by atoms with Gasteiger partial charge in [-0.15, -0.1) is 0 Å². The Morgan fingerprint density at radius 2 is 2.00 bits per heavy atom. The molecule has 0 bridgehead atoms. The van der Waals surface area contributed by atoms with Gasteiger partial charge in [-0.25, -0.2) is 8.42 Å². The molecular formula is C13H16BrF2NO2S. The Labute approximate surface area is 126 Å². The first-order chi connectivity index (χ1) is 9.34. The minimum absolute atomic E-state index is 0.221. The fourth-order valence-electron chi connectivity index (χ4n) is 2.30. The molecule has 0 aromatic heterocycles. The molecule has 2 rings (SSSR count). The maximum absolute atomic E-state index is 12.8. The van der Waals surface area contributed by atoms with Crippen molar-refractivity contribution < 1.29 is 17.2 Å². The van der Waals surface area contributed by atoms with Crippen molar-refractivity contribution >= 4 is 31.5 Å². The molecule has 112 valence electrons. The molecule has 0 spiro atoms. The topological polar surface area (TPSA) is 37.4 Å². The molecule has 20 heavy (non-hydrogen) atoms. The molecule has 0 aliphatic carbocycles. The number of para-hydroxylation sites is 1. The number of alkyl halides is 3.